The Morgan fingerprint density at radius 1 is 1.53 bits per heavy atom. The molecule has 1 rings (SSSR count). The van der Waals surface area contributed by atoms with Gasteiger partial charge in [0.25, 0.3) is 5.91 Å². The highest BCUT2D eigenvalue weighted by molar-refractivity contribution is 6.33. The lowest BCUT2D eigenvalue weighted by atomic mass is 10.2. The van der Waals surface area contributed by atoms with Crippen molar-refractivity contribution in [3.63, 3.8) is 0 Å². The number of halogens is 1. The number of likely N-dealkylation sites (N-methyl/N-ethyl adjacent to an activating group) is 1. The monoisotopic (exact) mass is 227 g/mol. The Morgan fingerprint density at radius 2 is 2.27 bits per heavy atom. The number of carbonyl (C=O) groups excluding carboxylic acids is 2. The Labute approximate surface area is 91.8 Å². The molecule has 2 N–H and O–H groups in total. The maximum Gasteiger partial charge on any atom is 0.254 e. The van der Waals surface area contributed by atoms with E-state index < -0.39 is 5.91 Å². The van der Waals surface area contributed by atoms with Crippen molar-refractivity contribution in [2.24, 2.45) is 0 Å². The van der Waals surface area contributed by atoms with E-state index in [0.717, 1.165) is 0 Å². The third kappa shape index (κ3) is 3.21. The zero-order valence-electron chi connectivity index (χ0n) is 8.08. The first-order valence-electron chi connectivity index (χ1n) is 4.23. The molecule has 5 nitrogen and oxygen atoms in total. The molecule has 0 radical (unpaired) electrons. The van der Waals surface area contributed by atoms with Gasteiger partial charge in [0.15, 0.2) is 0 Å². The second-order valence-electron chi connectivity index (χ2n) is 2.71. The second-order valence-corrected chi connectivity index (χ2v) is 3.12. The van der Waals surface area contributed by atoms with Crippen LogP contribution in [-0.4, -0.2) is 30.4 Å². The molecule has 0 aliphatic carbocycles. The van der Waals surface area contributed by atoms with Gasteiger partial charge in [-0.25, -0.2) is 0 Å². The number of hydrogen-bond donors (Lipinski definition) is 2. The Bertz CT molecular complexity index is 381. The van der Waals surface area contributed by atoms with Crippen molar-refractivity contribution in [1.29, 1.82) is 0 Å². The van der Waals surface area contributed by atoms with Gasteiger partial charge in [-0.15, -0.1) is 0 Å². The van der Waals surface area contributed by atoms with E-state index in [-0.39, 0.29) is 18.0 Å². The minimum absolute atomic E-state index is 0.0828. The predicted molar refractivity (Wildman–Crippen MR) is 55.6 cm³/mol. The fraction of sp³-hybridized carbons (Fsp3) is 0.222. The summed E-state index contributed by atoms with van der Waals surface area (Å²) in [6.07, 6.45) is 2.83. The standard InChI is InChI=1S/C9H10ClN3O2/c1-11-8(14)5-13-9(15)6-4-12-3-2-7(6)10/h2-4H,5H2,1H3,(H,11,14)(H,13,15). The molecule has 0 saturated heterocycles. The average Bonchev–Trinajstić information content (AvgIpc) is 2.26. The highest BCUT2D eigenvalue weighted by atomic mass is 35.5. The summed E-state index contributed by atoms with van der Waals surface area (Å²) in [6, 6.07) is 1.51. The number of carbonyl (C=O) groups is 2. The fourth-order valence-electron chi connectivity index (χ4n) is 0.889. The third-order valence-corrected chi connectivity index (χ3v) is 2.03. The Kier molecular flexibility index (Phi) is 4.05. The van der Waals surface area contributed by atoms with Crippen molar-refractivity contribution < 1.29 is 9.59 Å². The van der Waals surface area contributed by atoms with E-state index in [4.69, 9.17) is 11.6 Å². The van der Waals surface area contributed by atoms with Crippen LogP contribution in [-0.2, 0) is 4.79 Å². The van der Waals surface area contributed by atoms with Crippen molar-refractivity contribution >= 4 is 23.4 Å². The summed E-state index contributed by atoms with van der Waals surface area (Å²) < 4.78 is 0. The van der Waals surface area contributed by atoms with Crippen LogP contribution >= 0.6 is 11.6 Å². The van der Waals surface area contributed by atoms with Gasteiger partial charge in [-0.3, -0.25) is 14.6 Å². The van der Waals surface area contributed by atoms with Crippen LogP contribution in [0.2, 0.25) is 5.02 Å². The molecule has 80 valence electrons. The minimum Gasteiger partial charge on any atom is -0.358 e. The molecule has 6 heteroatoms. The Morgan fingerprint density at radius 3 is 2.87 bits per heavy atom. The Hall–Kier alpha value is -1.62. The first-order valence-corrected chi connectivity index (χ1v) is 4.61. The highest BCUT2D eigenvalue weighted by Gasteiger charge is 2.10. The second kappa shape index (κ2) is 5.31. The summed E-state index contributed by atoms with van der Waals surface area (Å²) >= 11 is 5.77. The molecule has 0 atom stereocenters. The van der Waals surface area contributed by atoms with Crippen LogP contribution in [0, 0.1) is 0 Å². The van der Waals surface area contributed by atoms with E-state index in [1.165, 1.54) is 25.5 Å². The SMILES string of the molecule is CNC(=O)CNC(=O)c1cnccc1Cl. The summed E-state index contributed by atoms with van der Waals surface area (Å²) in [4.78, 5) is 26.1. The molecule has 2 amide bonds. The van der Waals surface area contributed by atoms with Crippen LogP contribution < -0.4 is 10.6 Å². The van der Waals surface area contributed by atoms with Gasteiger partial charge in [-0.2, -0.15) is 0 Å². The van der Waals surface area contributed by atoms with E-state index in [9.17, 15) is 9.59 Å². The molecule has 1 aromatic rings. The smallest absolute Gasteiger partial charge is 0.254 e. The van der Waals surface area contributed by atoms with Crippen molar-refractivity contribution in [3.05, 3.63) is 29.0 Å². The minimum atomic E-state index is -0.420. The zero-order chi connectivity index (χ0) is 11.3. The van der Waals surface area contributed by atoms with Crippen molar-refractivity contribution in [2.45, 2.75) is 0 Å². The number of pyridine rings is 1. The highest BCUT2D eigenvalue weighted by Crippen LogP contribution is 2.12. The summed E-state index contributed by atoms with van der Waals surface area (Å²) in [7, 11) is 1.49. The quantitative estimate of drug-likeness (QED) is 0.776. The number of rotatable bonds is 3. The van der Waals surface area contributed by atoms with Gasteiger partial charge in [-0.1, -0.05) is 11.6 Å². The van der Waals surface area contributed by atoms with Crippen LogP contribution in [0.4, 0.5) is 0 Å². The molecule has 15 heavy (non-hydrogen) atoms. The van der Waals surface area contributed by atoms with Crippen LogP contribution in [0.15, 0.2) is 18.5 Å². The zero-order valence-corrected chi connectivity index (χ0v) is 8.84. The van der Waals surface area contributed by atoms with Crippen molar-refractivity contribution in [2.75, 3.05) is 13.6 Å². The number of nitrogens with one attached hydrogen (secondary N) is 2. The lowest BCUT2D eigenvalue weighted by Gasteiger charge is -2.04. The topological polar surface area (TPSA) is 71.1 Å². The predicted octanol–water partition coefficient (Wildman–Crippen LogP) is 0.211. The largest absolute Gasteiger partial charge is 0.358 e. The van der Waals surface area contributed by atoms with Gasteiger partial charge in [-0.05, 0) is 6.07 Å². The van der Waals surface area contributed by atoms with E-state index in [1.807, 2.05) is 0 Å². The van der Waals surface area contributed by atoms with Crippen LogP contribution in [0.25, 0.3) is 0 Å². The maximum atomic E-state index is 11.5. The molecule has 0 saturated carbocycles. The molecule has 0 aliphatic heterocycles. The number of aromatic nitrogens is 1. The van der Waals surface area contributed by atoms with Gasteiger partial charge in [0, 0.05) is 19.4 Å². The summed E-state index contributed by atoms with van der Waals surface area (Å²) in [5, 5.41) is 5.10. The molecular weight excluding hydrogens is 218 g/mol. The van der Waals surface area contributed by atoms with Gasteiger partial charge in [0.1, 0.15) is 0 Å². The van der Waals surface area contributed by atoms with Crippen LogP contribution in [0.5, 0.6) is 0 Å². The number of amides is 2. The van der Waals surface area contributed by atoms with Gasteiger partial charge < -0.3 is 10.6 Å². The average molecular weight is 228 g/mol. The summed E-state index contributed by atoms with van der Waals surface area (Å²) in [5.74, 6) is -0.694. The van der Waals surface area contributed by atoms with Crippen molar-refractivity contribution in [3.8, 4) is 0 Å². The summed E-state index contributed by atoms with van der Waals surface area (Å²) in [5.41, 5.74) is 0.253. The van der Waals surface area contributed by atoms with Gasteiger partial charge in [0.05, 0.1) is 17.1 Å². The molecule has 0 bridgehead atoms. The third-order valence-electron chi connectivity index (χ3n) is 1.70. The van der Waals surface area contributed by atoms with E-state index >= 15 is 0 Å². The Balaban J connectivity index is 2.62. The maximum absolute atomic E-state index is 11.5. The van der Waals surface area contributed by atoms with Crippen molar-refractivity contribution in [1.82, 2.24) is 15.6 Å². The molecule has 0 aromatic carbocycles. The normalized spacial score (nSPS) is 9.47. The van der Waals surface area contributed by atoms with Crippen LogP contribution in [0.3, 0.4) is 0 Å². The van der Waals surface area contributed by atoms with E-state index in [0.29, 0.717) is 5.02 Å². The molecule has 0 spiro atoms. The lowest BCUT2D eigenvalue weighted by molar-refractivity contribution is -0.119. The molecule has 0 fully saturated rings. The van der Waals surface area contributed by atoms with E-state index in [2.05, 4.69) is 15.6 Å². The number of nitrogens with zero attached hydrogens (tertiary/aromatic N) is 1. The fourth-order valence-corrected chi connectivity index (χ4v) is 1.08. The van der Waals surface area contributed by atoms with Gasteiger partial charge >= 0.3 is 0 Å². The molecule has 1 heterocycles. The molecule has 1 aromatic heterocycles. The van der Waals surface area contributed by atoms with E-state index in [1.54, 1.807) is 0 Å². The molecule has 0 unspecified atom stereocenters. The summed E-state index contributed by atoms with van der Waals surface area (Å²) in [6.45, 7) is -0.0828. The molecule has 0 aliphatic rings. The number of hydrogen-bond acceptors (Lipinski definition) is 3. The molecular formula is C9H10ClN3O2. The van der Waals surface area contributed by atoms with Gasteiger partial charge in [0.2, 0.25) is 5.91 Å². The lowest BCUT2D eigenvalue weighted by Crippen LogP contribution is -2.35. The first kappa shape index (κ1) is 11.5. The van der Waals surface area contributed by atoms with Crippen LogP contribution in [0.1, 0.15) is 10.4 Å². The first-order chi connectivity index (χ1) is 7.15.